The maximum absolute atomic E-state index is 12.7. The number of nitrogens with zero attached hydrogens (tertiary/aromatic N) is 1. The van der Waals surface area contributed by atoms with Crippen molar-refractivity contribution in [3.8, 4) is 0 Å². The summed E-state index contributed by atoms with van der Waals surface area (Å²) in [7, 11) is 0. The number of β-amino-alcohol motifs (C(OH)–C–C–N with tert-alkyl or cyclic N) is 1. The van der Waals surface area contributed by atoms with E-state index >= 15 is 0 Å². The topological polar surface area (TPSA) is 77.8 Å². The lowest BCUT2D eigenvalue weighted by atomic mass is 10.2. The molecule has 6 heteroatoms. The smallest absolute Gasteiger partial charge is 0.326 e. The average molecular weight is 279 g/mol. The minimum atomic E-state index is -1.13. The third-order valence-electron chi connectivity index (χ3n) is 3.14. The van der Waals surface area contributed by atoms with E-state index in [0.717, 1.165) is 4.90 Å². The van der Waals surface area contributed by atoms with Crippen molar-refractivity contribution in [2.75, 3.05) is 6.54 Å². The predicted molar refractivity (Wildman–Crippen MR) is 69.2 cm³/mol. The predicted octanol–water partition coefficient (Wildman–Crippen LogP) is 0.885. The number of hydrogen-bond donors (Lipinski definition) is 2. The van der Waals surface area contributed by atoms with Crippen LogP contribution in [0, 0.1) is 5.82 Å². The van der Waals surface area contributed by atoms with Crippen molar-refractivity contribution in [2.24, 2.45) is 0 Å². The Balaban J connectivity index is 2.07. The molecule has 5 nitrogen and oxygen atoms in total. The van der Waals surface area contributed by atoms with Crippen molar-refractivity contribution in [3.63, 3.8) is 0 Å². The van der Waals surface area contributed by atoms with Crippen molar-refractivity contribution < 1.29 is 24.2 Å². The molecule has 20 heavy (non-hydrogen) atoms. The first-order valence-electron chi connectivity index (χ1n) is 6.12. The fourth-order valence-corrected chi connectivity index (χ4v) is 2.13. The SMILES string of the molecule is O=C(O)[C@@H]1C[C@H](O)CN1C(=O)/C=C\c1ccc(F)cc1. The first kappa shape index (κ1) is 14.2. The summed E-state index contributed by atoms with van der Waals surface area (Å²) in [5.41, 5.74) is 0.631. The highest BCUT2D eigenvalue weighted by Crippen LogP contribution is 2.19. The second-order valence-corrected chi connectivity index (χ2v) is 4.62. The van der Waals surface area contributed by atoms with Crippen LogP contribution in [0.3, 0.4) is 0 Å². The minimum Gasteiger partial charge on any atom is -0.480 e. The number of aliphatic hydroxyl groups excluding tert-OH is 1. The second kappa shape index (κ2) is 5.83. The van der Waals surface area contributed by atoms with Gasteiger partial charge in [0.2, 0.25) is 5.91 Å². The van der Waals surface area contributed by atoms with E-state index in [9.17, 15) is 19.1 Å². The quantitative estimate of drug-likeness (QED) is 0.805. The van der Waals surface area contributed by atoms with Crippen LogP contribution in [0.25, 0.3) is 6.08 Å². The second-order valence-electron chi connectivity index (χ2n) is 4.62. The number of hydrogen-bond acceptors (Lipinski definition) is 3. The van der Waals surface area contributed by atoms with Gasteiger partial charge in [-0.25, -0.2) is 9.18 Å². The van der Waals surface area contributed by atoms with E-state index in [-0.39, 0.29) is 18.8 Å². The Labute approximate surface area is 114 Å². The van der Waals surface area contributed by atoms with Gasteiger partial charge in [-0.3, -0.25) is 4.79 Å². The third kappa shape index (κ3) is 3.21. The molecule has 1 aromatic carbocycles. The number of carbonyl (C=O) groups is 2. The Morgan fingerprint density at radius 3 is 2.55 bits per heavy atom. The van der Waals surface area contributed by atoms with Crippen LogP contribution in [0.15, 0.2) is 30.3 Å². The maximum Gasteiger partial charge on any atom is 0.326 e. The van der Waals surface area contributed by atoms with Crippen molar-refractivity contribution in [1.29, 1.82) is 0 Å². The molecule has 0 radical (unpaired) electrons. The van der Waals surface area contributed by atoms with E-state index in [1.807, 2.05) is 0 Å². The Kier molecular flexibility index (Phi) is 4.14. The van der Waals surface area contributed by atoms with E-state index < -0.39 is 24.0 Å². The molecule has 1 heterocycles. The van der Waals surface area contributed by atoms with Crippen LogP contribution in [-0.2, 0) is 9.59 Å². The molecule has 0 aromatic heterocycles. The molecule has 1 fully saturated rings. The van der Waals surface area contributed by atoms with Gasteiger partial charge < -0.3 is 15.1 Å². The average Bonchev–Trinajstić information content (AvgIpc) is 2.80. The number of carboxylic acid groups (broad SMARTS) is 1. The lowest BCUT2D eigenvalue weighted by Gasteiger charge is -2.19. The van der Waals surface area contributed by atoms with Crippen LogP contribution in [0.4, 0.5) is 4.39 Å². The van der Waals surface area contributed by atoms with Gasteiger partial charge in [0, 0.05) is 19.0 Å². The number of aliphatic hydroxyl groups is 1. The fourth-order valence-electron chi connectivity index (χ4n) is 2.13. The van der Waals surface area contributed by atoms with Crippen LogP contribution in [-0.4, -0.2) is 45.7 Å². The van der Waals surface area contributed by atoms with Gasteiger partial charge in [-0.05, 0) is 23.8 Å². The Bertz CT molecular complexity index is 541. The molecule has 2 N–H and O–H groups in total. The summed E-state index contributed by atoms with van der Waals surface area (Å²) >= 11 is 0. The molecular weight excluding hydrogens is 265 g/mol. The lowest BCUT2D eigenvalue weighted by molar-refractivity contribution is -0.146. The molecule has 0 spiro atoms. The highest BCUT2D eigenvalue weighted by molar-refractivity contribution is 5.94. The molecule has 2 rings (SSSR count). The van der Waals surface area contributed by atoms with Crippen LogP contribution < -0.4 is 0 Å². The molecule has 1 amide bonds. The van der Waals surface area contributed by atoms with Gasteiger partial charge in [0.25, 0.3) is 0 Å². The monoisotopic (exact) mass is 279 g/mol. The molecular formula is C14H14FNO4. The van der Waals surface area contributed by atoms with Crippen LogP contribution in [0.5, 0.6) is 0 Å². The van der Waals surface area contributed by atoms with Gasteiger partial charge in [0.15, 0.2) is 0 Å². The summed E-state index contributed by atoms with van der Waals surface area (Å²) in [5, 5.41) is 18.5. The summed E-state index contributed by atoms with van der Waals surface area (Å²) in [5.74, 6) is -1.99. The number of rotatable bonds is 3. The Morgan fingerprint density at radius 1 is 1.30 bits per heavy atom. The zero-order valence-corrected chi connectivity index (χ0v) is 10.6. The van der Waals surface area contributed by atoms with Gasteiger partial charge in [0.1, 0.15) is 11.9 Å². The third-order valence-corrected chi connectivity index (χ3v) is 3.14. The van der Waals surface area contributed by atoms with Crippen LogP contribution in [0.1, 0.15) is 12.0 Å². The maximum atomic E-state index is 12.7. The number of likely N-dealkylation sites (tertiary alicyclic amines) is 1. The van der Waals surface area contributed by atoms with Gasteiger partial charge in [-0.15, -0.1) is 0 Å². The molecule has 0 bridgehead atoms. The van der Waals surface area contributed by atoms with Crippen LogP contribution >= 0.6 is 0 Å². The molecule has 106 valence electrons. The summed E-state index contributed by atoms with van der Waals surface area (Å²) in [6, 6.07) is 4.54. The first-order chi connectivity index (χ1) is 9.47. The molecule has 1 aliphatic rings. The summed E-state index contributed by atoms with van der Waals surface area (Å²) in [4.78, 5) is 24.1. The minimum absolute atomic E-state index is 0.00353. The number of carbonyl (C=O) groups excluding carboxylic acids is 1. The number of halogens is 1. The number of amides is 1. The fraction of sp³-hybridized carbons (Fsp3) is 0.286. The van der Waals surface area contributed by atoms with E-state index in [0.29, 0.717) is 5.56 Å². The normalized spacial score (nSPS) is 22.4. The van der Waals surface area contributed by atoms with Gasteiger partial charge in [-0.2, -0.15) is 0 Å². The molecule has 0 aliphatic carbocycles. The highest BCUT2D eigenvalue weighted by atomic mass is 19.1. The summed E-state index contributed by atoms with van der Waals surface area (Å²) < 4.78 is 12.7. The molecule has 1 aromatic rings. The van der Waals surface area contributed by atoms with Gasteiger partial charge in [-0.1, -0.05) is 12.1 Å². The molecule has 0 saturated carbocycles. The van der Waals surface area contributed by atoms with Gasteiger partial charge >= 0.3 is 5.97 Å². The molecule has 2 atom stereocenters. The molecule has 1 saturated heterocycles. The largest absolute Gasteiger partial charge is 0.480 e. The summed E-state index contributed by atoms with van der Waals surface area (Å²) in [6.07, 6.45) is 1.91. The standard InChI is InChI=1S/C14H14FNO4/c15-10-4-1-9(2-5-10)3-6-13(18)16-8-11(17)7-12(16)14(19)20/h1-6,11-12,17H,7-8H2,(H,19,20)/b6-3-/t11-,12-/m0/s1. The highest BCUT2D eigenvalue weighted by Gasteiger charge is 2.37. The zero-order chi connectivity index (χ0) is 14.7. The molecule has 0 unspecified atom stereocenters. The first-order valence-corrected chi connectivity index (χ1v) is 6.12. The number of aliphatic carboxylic acids is 1. The van der Waals surface area contributed by atoms with Gasteiger partial charge in [0.05, 0.1) is 6.10 Å². The summed E-state index contributed by atoms with van der Waals surface area (Å²) in [6.45, 7) is 0.00353. The van der Waals surface area contributed by atoms with E-state index in [4.69, 9.17) is 5.11 Å². The van der Waals surface area contributed by atoms with E-state index in [1.54, 1.807) is 0 Å². The lowest BCUT2D eigenvalue weighted by Crippen LogP contribution is -2.39. The van der Waals surface area contributed by atoms with Crippen molar-refractivity contribution >= 4 is 18.0 Å². The Hall–Kier alpha value is -2.21. The molecule has 1 aliphatic heterocycles. The zero-order valence-electron chi connectivity index (χ0n) is 10.6. The van der Waals surface area contributed by atoms with Crippen LogP contribution in [0.2, 0.25) is 0 Å². The number of carboxylic acids is 1. The van der Waals surface area contributed by atoms with E-state index in [2.05, 4.69) is 0 Å². The van der Waals surface area contributed by atoms with E-state index in [1.165, 1.54) is 36.4 Å². The van der Waals surface area contributed by atoms with Crippen molar-refractivity contribution in [3.05, 3.63) is 41.7 Å². The Morgan fingerprint density at radius 2 is 1.95 bits per heavy atom. The number of benzene rings is 1. The van der Waals surface area contributed by atoms with Crippen molar-refractivity contribution in [1.82, 2.24) is 4.90 Å². The van der Waals surface area contributed by atoms with Crippen molar-refractivity contribution in [2.45, 2.75) is 18.6 Å².